The van der Waals surface area contributed by atoms with E-state index >= 15 is 0 Å². The van der Waals surface area contributed by atoms with Crippen LogP contribution in [0.25, 0.3) is 0 Å². The van der Waals surface area contributed by atoms with Crippen molar-refractivity contribution >= 4 is 5.97 Å². The Balaban J connectivity index is 2.24. The second-order valence-electron chi connectivity index (χ2n) is 11.9. The average Bonchev–Trinajstić information content (AvgIpc) is 3.25. The minimum Gasteiger partial charge on any atom is -0.478 e. The maximum atomic E-state index is 10.9. The van der Waals surface area contributed by atoms with Gasteiger partial charge in [0.15, 0.2) is 0 Å². The Bertz CT molecular complexity index is 591. The zero-order valence-corrected chi connectivity index (χ0v) is 19.6. The highest BCUT2D eigenvalue weighted by Gasteiger charge is 2.58. The highest BCUT2D eigenvalue weighted by molar-refractivity contribution is 5.81. The van der Waals surface area contributed by atoms with Crippen LogP contribution in [0, 0.1) is 39.9 Å². The van der Waals surface area contributed by atoms with E-state index in [2.05, 4.69) is 54.5 Å². The molecule has 2 rings (SSSR count). The van der Waals surface area contributed by atoms with Crippen molar-refractivity contribution in [2.45, 2.75) is 93.9 Å². The maximum absolute atomic E-state index is 10.9. The number of hydrogen-bond donors (Lipinski definition) is 1. The molecular formula is C26H44O2. The van der Waals surface area contributed by atoms with Crippen molar-refractivity contribution in [3.63, 3.8) is 0 Å². The van der Waals surface area contributed by atoms with Crippen molar-refractivity contribution in [1.82, 2.24) is 0 Å². The monoisotopic (exact) mass is 388 g/mol. The number of carboxylic acid groups (broad SMARTS) is 1. The van der Waals surface area contributed by atoms with Crippen molar-refractivity contribution in [2.24, 2.45) is 39.9 Å². The summed E-state index contributed by atoms with van der Waals surface area (Å²) >= 11 is 0. The Morgan fingerprint density at radius 3 is 2.00 bits per heavy atom. The lowest BCUT2D eigenvalue weighted by molar-refractivity contribution is -0.131. The predicted octanol–water partition coefficient (Wildman–Crippen LogP) is 7.50. The van der Waals surface area contributed by atoms with Crippen LogP contribution in [-0.2, 0) is 4.79 Å². The van der Waals surface area contributed by atoms with E-state index < -0.39 is 5.97 Å². The van der Waals surface area contributed by atoms with Crippen LogP contribution >= 0.6 is 0 Å². The van der Waals surface area contributed by atoms with Crippen molar-refractivity contribution in [3.05, 3.63) is 23.8 Å². The van der Waals surface area contributed by atoms with E-state index in [4.69, 9.17) is 5.11 Å². The number of hydrogen-bond acceptors (Lipinski definition) is 1. The van der Waals surface area contributed by atoms with Gasteiger partial charge in [-0.3, -0.25) is 0 Å². The third-order valence-corrected chi connectivity index (χ3v) is 7.81. The summed E-state index contributed by atoms with van der Waals surface area (Å²) in [4.78, 5) is 10.9. The molecule has 2 nitrogen and oxygen atoms in total. The van der Waals surface area contributed by atoms with Gasteiger partial charge in [-0.2, -0.15) is 0 Å². The van der Waals surface area contributed by atoms with Crippen molar-refractivity contribution in [2.75, 3.05) is 0 Å². The fourth-order valence-electron chi connectivity index (χ4n) is 5.75. The second-order valence-corrected chi connectivity index (χ2v) is 11.9. The third-order valence-electron chi connectivity index (χ3n) is 7.81. The van der Waals surface area contributed by atoms with Crippen LogP contribution in [0.4, 0.5) is 0 Å². The quantitative estimate of drug-likeness (QED) is 0.377. The van der Waals surface area contributed by atoms with Gasteiger partial charge in [-0.05, 0) is 84.5 Å². The molecule has 160 valence electrons. The number of carbonyl (C=O) groups is 1. The van der Waals surface area contributed by atoms with Gasteiger partial charge in [0.2, 0.25) is 0 Å². The van der Waals surface area contributed by atoms with Gasteiger partial charge in [-0.15, -0.1) is 0 Å². The highest BCUT2D eigenvalue weighted by atomic mass is 16.4. The summed E-state index contributed by atoms with van der Waals surface area (Å²) in [7, 11) is 0. The Hall–Kier alpha value is -1.05. The van der Waals surface area contributed by atoms with E-state index in [1.54, 1.807) is 0 Å². The summed E-state index contributed by atoms with van der Waals surface area (Å²) in [5.41, 5.74) is 2.03. The average molecular weight is 389 g/mol. The lowest BCUT2D eigenvalue weighted by Gasteiger charge is -2.48. The Labute approximate surface area is 173 Å². The molecule has 2 heteroatoms. The van der Waals surface area contributed by atoms with Gasteiger partial charge in [0.05, 0.1) is 0 Å². The van der Waals surface area contributed by atoms with E-state index in [1.807, 2.05) is 13.0 Å². The fourth-order valence-corrected chi connectivity index (χ4v) is 5.75. The molecule has 2 aliphatic rings. The molecule has 2 aliphatic carbocycles. The van der Waals surface area contributed by atoms with Gasteiger partial charge in [0, 0.05) is 6.08 Å². The maximum Gasteiger partial charge on any atom is 0.328 e. The number of carboxylic acids is 1. The normalized spacial score (nSPS) is 34.6. The summed E-state index contributed by atoms with van der Waals surface area (Å²) in [6, 6.07) is 0. The van der Waals surface area contributed by atoms with Gasteiger partial charge in [0.25, 0.3) is 0 Å². The summed E-state index contributed by atoms with van der Waals surface area (Å²) in [5.74, 6) is 2.15. The Morgan fingerprint density at radius 1 is 1.04 bits per heavy atom. The molecule has 0 radical (unpaired) electrons. The van der Waals surface area contributed by atoms with Crippen molar-refractivity contribution in [1.29, 1.82) is 0 Å². The van der Waals surface area contributed by atoms with Crippen LogP contribution < -0.4 is 0 Å². The molecule has 0 aromatic carbocycles. The SMILES string of the molecule is CCCC1(C2CC(C(C)(C)C)CC(C(C)(C)C)C2)CC1/C=C/C(C)=C/C(=O)O. The molecule has 0 aromatic heterocycles. The largest absolute Gasteiger partial charge is 0.478 e. The van der Waals surface area contributed by atoms with E-state index in [0.29, 0.717) is 22.2 Å². The Morgan fingerprint density at radius 2 is 1.57 bits per heavy atom. The summed E-state index contributed by atoms with van der Waals surface area (Å²) in [6.45, 7) is 18.8. The van der Waals surface area contributed by atoms with E-state index in [1.165, 1.54) is 44.6 Å². The zero-order chi connectivity index (χ0) is 21.3. The van der Waals surface area contributed by atoms with Crippen LogP contribution in [0.3, 0.4) is 0 Å². The lowest BCUT2D eigenvalue weighted by Crippen LogP contribution is -2.39. The van der Waals surface area contributed by atoms with Gasteiger partial charge in [-0.25, -0.2) is 4.79 Å². The van der Waals surface area contributed by atoms with Crippen LogP contribution in [0.15, 0.2) is 23.8 Å². The molecular weight excluding hydrogens is 344 g/mol. The van der Waals surface area contributed by atoms with Gasteiger partial charge in [0.1, 0.15) is 0 Å². The van der Waals surface area contributed by atoms with Gasteiger partial charge < -0.3 is 5.11 Å². The molecule has 0 saturated heterocycles. The van der Waals surface area contributed by atoms with Crippen molar-refractivity contribution in [3.8, 4) is 0 Å². The summed E-state index contributed by atoms with van der Waals surface area (Å²) in [6.07, 6.45) is 13.6. The minimum absolute atomic E-state index is 0.372. The van der Waals surface area contributed by atoms with E-state index in [0.717, 1.165) is 23.3 Å². The molecule has 4 unspecified atom stereocenters. The molecule has 4 atom stereocenters. The number of rotatable bonds is 6. The molecule has 0 bridgehead atoms. The molecule has 0 amide bonds. The number of allylic oxidation sites excluding steroid dienone is 3. The van der Waals surface area contributed by atoms with Gasteiger partial charge in [-0.1, -0.05) is 67.0 Å². The van der Waals surface area contributed by atoms with Crippen LogP contribution in [-0.4, -0.2) is 11.1 Å². The number of aliphatic carboxylic acids is 1. The molecule has 2 saturated carbocycles. The smallest absolute Gasteiger partial charge is 0.328 e. The molecule has 2 fully saturated rings. The first-order chi connectivity index (χ1) is 12.8. The first kappa shape index (κ1) is 23.2. The molecule has 1 N–H and O–H groups in total. The second kappa shape index (κ2) is 8.36. The first-order valence-electron chi connectivity index (χ1n) is 11.4. The highest BCUT2D eigenvalue weighted by Crippen LogP contribution is 2.67. The topological polar surface area (TPSA) is 37.3 Å². The molecule has 0 spiro atoms. The predicted molar refractivity (Wildman–Crippen MR) is 119 cm³/mol. The third kappa shape index (κ3) is 5.51. The summed E-state index contributed by atoms with van der Waals surface area (Å²) < 4.78 is 0. The summed E-state index contributed by atoms with van der Waals surface area (Å²) in [5, 5.41) is 8.96. The van der Waals surface area contributed by atoms with Crippen LogP contribution in [0.2, 0.25) is 0 Å². The first-order valence-corrected chi connectivity index (χ1v) is 11.4. The zero-order valence-electron chi connectivity index (χ0n) is 19.6. The van der Waals surface area contributed by atoms with Crippen LogP contribution in [0.5, 0.6) is 0 Å². The lowest BCUT2D eigenvalue weighted by atomic mass is 9.57. The van der Waals surface area contributed by atoms with Crippen LogP contribution in [0.1, 0.15) is 93.9 Å². The molecule has 0 aromatic rings. The fraction of sp³-hybridized carbons (Fsp3) is 0.808. The van der Waals surface area contributed by atoms with E-state index in [-0.39, 0.29) is 0 Å². The Kier molecular flexibility index (Phi) is 6.94. The van der Waals surface area contributed by atoms with Gasteiger partial charge >= 0.3 is 5.97 Å². The standard InChI is InChI=1S/C26H44O2/c1-9-12-26(17-19(26)11-10-18(2)13-23(27)28)22-15-20(24(3,4)5)14-21(16-22)25(6,7)8/h10-11,13,19-22H,9,12,14-17H2,1-8H3,(H,27,28)/b11-10+,18-13+. The molecule has 0 heterocycles. The minimum atomic E-state index is -0.855. The molecule has 0 aliphatic heterocycles. The van der Waals surface area contributed by atoms with Crippen molar-refractivity contribution < 1.29 is 9.90 Å². The van der Waals surface area contributed by atoms with E-state index in [9.17, 15) is 4.79 Å². The molecule has 28 heavy (non-hydrogen) atoms.